The SMILES string of the molecule is CS(C)(C)CCOC(=O)N[C@H]1CNCC[C@H]1N. The molecule has 4 N–H and O–H groups in total. The molecule has 1 amide bonds. The highest BCUT2D eigenvalue weighted by atomic mass is 32.3. The lowest BCUT2D eigenvalue weighted by Crippen LogP contribution is -2.57. The summed E-state index contributed by atoms with van der Waals surface area (Å²) in [6.45, 7) is 2.13. The number of nitrogens with two attached hydrogens (primary N) is 1. The van der Waals surface area contributed by atoms with Crippen LogP contribution in [0.4, 0.5) is 4.79 Å². The number of carbonyl (C=O) groups excluding carboxylic acids is 1. The number of carbonyl (C=O) groups is 1. The van der Waals surface area contributed by atoms with Crippen molar-refractivity contribution in [2.24, 2.45) is 5.73 Å². The fourth-order valence-electron chi connectivity index (χ4n) is 1.61. The van der Waals surface area contributed by atoms with Crippen molar-refractivity contribution in [1.29, 1.82) is 0 Å². The zero-order valence-corrected chi connectivity index (χ0v) is 11.8. The van der Waals surface area contributed by atoms with Crippen LogP contribution in [0.5, 0.6) is 0 Å². The Hall–Kier alpha value is -0.460. The summed E-state index contributed by atoms with van der Waals surface area (Å²) < 4.78 is 5.16. The number of alkyl carbamates (subject to hydrolysis) is 1. The molecule has 0 saturated carbocycles. The van der Waals surface area contributed by atoms with Gasteiger partial charge in [0.15, 0.2) is 0 Å². The van der Waals surface area contributed by atoms with Crippen molar-refractivity contribution in [1.82, 2.24) is 10.6 Å². The van der Waals surface area contributed by atoms with E-state index in [1.54, 1.807) is 0 Å². The second-order valence-electron chi connectivity index (χ2n) is 5.34. The molecule has 1 heterocycles. The van der Waals surface area contributed by atoms with Crippen molar-refractivity contribution in [2.75, 3.05) is 44.2 Å². The molecular formula is C11H25N3O2S. The van der Waals surface area contributed by atoms with Gasteiger partial charge in [0, 0.05) is 18.3 Å². The molecule has 1 rings (SSSR count). The highest BCUT2D eigenvalue weighted by Crippen LogP contribution is 2.33. The topological polar surface area (TPSA) is 76.4 Å². The van der Waals surface area contributed by atoms with E-state index in [1.807, 2.05) is 0 Å². The van der Waals surface area contributed by atoms with Gasteiger partial charge in [-0.1, -0.05) is 0 Å². The molecule has 0 aromatic heterocycles. The zero-order chi connectivity index (χ0) is 12.9. The molecule has 1 saturated heterocycles. The molecule has 102 valence electrons. The van der Waals surface area contributed by atoms with Crippen molar-refractivity contribution >= 4 is 16.1 Å². The molecule has 0 spiro atoms. The fraction of sp³-hybridized carbons (Fsp3) is 0.909. The number of nitrogens with one attached hydrogen (secondary N) is 2. The number of piperidine rings is 1. The van der Waals surface area contributed by atoms with Crippen molar-refractivity contribution in [2.45, 2.75) is 18.5 Å². The summed E-state index contributed by atoms with van der Waals surface area (Å²) in [5.41, 5.74) is 5.92. The van der Waals surface area contributed by atoms with Gasteiger partial charge in [-0.2, -0.15) is 0 Å². The summed E-state index contributed by atoms with van der Waals surface area (Å²) in [4.78, 5) is 11.5. The van der Waals surface area contributed by atoms with Gasteiger partial charge in [0.1, 0.15) is 6.61 Å². The quantitative estimate of drug-likeness (QED) is 0.672. The average Bonchev–Trinajstić information content (AvgIpc) is 2.19. The second-order valence-corrected chi connectivity index (χ2v) is 9.93. The normalized spacial score (nSPS) is 26.4. The fourth-order valence-corrected chi connectivity index (χ4v) is 2.20. The molecule has 0 unspecified atom stereocenters. The lowest BCUT2D eigenvalue weighted by molar-refractivity contribution is 0.145. The summed E-state index contributed by atoms with van der Waals surface area (Å²) >= 11 is 0. The van der Waals surface area contributed by atoms with Crippen LogP contribution in [-0.4, -0.2) is 62.4 Å². The van der Waals surface area contributed by atoms with Crippen LogP contribution in [-0.2, 0) is 4.74 Å². The maximum Gasteiger partial charge on any atom is 0.407 e. The van der Waals surface area contributed by atoms with Gasteiger partial charge in [0.2, 0.25) is 0 Å². The predicted molar refractivity (Wildman–Crippen MR) is 74.0 cm³/mol. The number of hydrogen-bond donors (Lipinski definition) is 3. The number of ether oxygens (including phenoxy) is 1. The molecule has 0 bridgehead atoms. The minimum atomic E-state index is -0.606. The van der Waals surface area contributed by atoms with Crippen LogP contribution in [0.2, 0.25) is 0 Å². The van der Waals surface area contributed by atoms with Crippen LogP contribution in [0.15, 0.2) is 0 Å². The summed E-state index contributed by atoms with van der Waals surface area (Å²) in [5, 5.41) is 6.02. The van der Waals surface area contributed by atoms with Gasteiger partial charge in [-0.05, 0) is 31.7 Å². The van der Waals surface area contributed by atoms with E-state index in [1.165, 1.54) is 0 Å². The summed E-state index contributed by atoms with van der Waals surface area (Å²) in [6, 6.07) is 0.00951. The van der Waals surface area contributed by atoms with E-state index in [0.717, 1.165) is 25.3 Å². The molecule has 5 nitrogen and oxygen atoms in total. The summed E-state index contributed by atoms with van der Waals surface area (Å²) in [7, 11) is -0.606. The van der Waals surface area contributed by atoms with Crippen LogP contribution in [0.25, 0.3) is 0 Å². The van der Waals surface area contributed by atoms with E-state index in [0.29, 0.717) is 6.61 Å². The maximum absolute atomic E-state index is 11.5. The molecule has 0 aliphatic carbocycles. The third kappa shape index (κ3) is 6.14. The van der Waals surface area contributed by atoms with E-state index in [2.05, 4.69) is 29.4 Å². The van der Waals surface area contributed by atoms with E-state index in [9.17, 15) is 4.79 Å². The number of rotatable bonds is 4. The average molecular weight is 263 g/mol. The third-order valence-corrected chi connectivity index (χ3v) is 4.16. The molecule has 0 aromatic rings. The largest absolute Gasteiger partial charge is 0.449 e. The monoisotopic (exact) mass is 263 g/mol. The van der Waals surface area contributed by atoms with Gasteiger partial charge in [-0.15, -0.1) is 0 Å². The maximum atomic E-state index is 11.5. The molecule has 1 aliphatic rings. The molecule has 2 atom stereocenters. The number of amides is 1. The predicted octanol–water partition coefficient (Wildman–Crippen LogP) is 0.0958. The van der Waals surface area contributed by atoms with Gasteiger partial charge in [-0.3, -0.25) is 0 Å². The molecular weight excluding hydrogens is 238 g/mol. The van der Waals surface area contributed by atoms with Crippen molar-refractivity contribution < 1.29 is 9.53 Å². The van der Waals surface area contributed by atoms with Crippen LogP contribution in [0.3, 0.4) is 0 Å². The summed E-state index contributed by atoms with van der Waals surface area (Å²) in [5.74, 6) is 0.940. The van der Waals surface area contributed by atoms with Crippen molar-refractivity contribution in [3.05, 3.63) is 0 Å². The van der Waals surface area contributed by atoms with Gasteiger partial charge in [-0.25, -0.2) is 14.8 Å². The Labute approximate surface area is 105 Å². The second kappa shape index (κ2) is 6.47. The molecule has 1 aliphatic heterocycles. The molecule has 1 fully saturated rings. The van der Waals surface area contributed by atoms with Crippen LogP contribution < -0.4 is 16.4 Å². The Balaban J connectivity index is 2.20. The first kappa shape index (κ1) is 14.6. The van der Waals surface area contributed by atoms with Crippen molar-refractivity contribution in [3.63, 3.8) is 0 Å². The smallest absolute Gasteiger partial charge is 0.407 e. The summed E-state index contributed by atoms with van der Waals surface area (Å²) in [6.07, 6.45) is 7.15. The van der Waals surface area contributed by atoms with Crippen molar-refractivity contribution in [3.8, 4) is 0 Å². The Morgan fingerprint density at radius 1 is 1.53 bits per heavy atom. The first-order valence-corrected chi connectivity index (χ1v) is 8.97. The molecule has 0 aromatic carbocycles. The Morgan fingerprint density at radius 3 is 2.82 bits per heavy atom. The van der Waals surface area contributed by atoms with E-state index in [4.69, 9.17) is 10.5 Å². The highest BCUT2D eigenvalue weighted by Gasteiger charge is 2.23. The van der Waals surface area contributed by atoms with E-state index in [-0.39, 0.29) is 18.2 Å². The molecule has 17 heavy (non-hydrogen) atoms. The third-order valence-electron chi connectivity index (χ3n) is 2.77. The van der Waals surface area contributed by atoms with Gasteiger partial charge in [0.05, 0.1) is 6.04 Å². The number of hydrogen-bond acceptors (Lipinski definition) is 4. The van der Waals surface area contributed by atoms with Crippen LogP contribution in [0.1, 0.15) is 6.42 Å². The van der Waals surface area contributed by atoms with Gasteiger partial charge < -0.3 is 21.1 Å². The van der Waals surface area contributed by atoms with Crippen LogP contribution >= 0.6 is 10.0 Å². The first-order valence-electron chi connectivity index (χ1n) is 5.94. The Kier molecular flexibility index (Phi) is 5.55. The highest BCUT2D eigenvalue weighted by molar-refractivity contribution is 8.32. The van der Waals surface area contributed by atoms with E-state index < -0.39 is 10.0 Å². The van der Waals surface area contributed by atoms with Gasteiger partial charge >= 0.3 is 6.09 Å². The first-order chi connectivity index (χ1) is 7.88. The minimum absolute atomic E-state index is 0.0155. The standard InChI is InChI=1S/C11H25N3O2S/c1-17(2,3)7-6-16-11(15)14-10-8-13-5-4-9(10)12/h9-10,13H,4-8,12H2,1-3H3,(H,14,15)/t9-,10+/m1/s1. The van der Waals surface area contributed by atoms with Gasteiger partial charge in [0.25, 0.3) is 0 Å². The van der Waals surface area contributed by atoms with E-state index >= 15 is 0 Å². The zero-order valence-electron chi connectivity index (χ0n) is 11.0. The minimum Gasteiger partial charge on any atom is -0.449 e. The molecule has 6 heteroatoms. The lowest BCUT2D eigenvalue weighted by Gasteiger charge is -2.30. The lowest BCUT2D eigenvalue weighted by atomic mass is 10.0. The Morgan fingerprint density at radius 2 is 2.24 bits per heavy atom. The molecule has 0 radical (unpaired) electrons. The van der Waals surface area contributed by atoms with Crippen LogP contribution in [0, 0.1) is 0 Å². The Bertz CT molecular complexity index is 256.